The Morgan fingerprint density at radius 2 is 1.42 bits per heavy atom. The zero-order valence-corrected chi connectivity index (χ0v) is 19.4. The van der Waals surface area contributed by atoms with Gasteiger partial charge in [-0.25, -0.2) is 0 Å². The molecule has 9 atom stereocenters. The third-order valence-corrected chi connectivity index (χ3v) is 6.09. The van der Waals surface area contributed by atoms with Crippen molar-refractivity contribution in [3.8, 4) is 0 Å². The molecular weight excluding hydrogens is 412 g/mol. The highest BCUT2D eigenvalue weighted by molar-refractivity contribution is 5.00. The van der Waals surface area contributed by atoms with E-state index in [1.54, 1.807) is 21.3 Å². The molecule has 0 aromatic heterocycles. The number of hydrogen-bond donors (Lipinski definition) is 0. The summed E-state index contributed by atoms with van der Waals surface area (Å²) < 4.78 is 59.2. The van der Waals surface area contributed by atoms with E-state index in [9.17, 15) is 0 Å². The number of fused-ring (bicyclic) bond motifs is 3. The van der Waals surface area contributed by atoms with E-state index in [0.29, 0.717) is 13.0 Å². The van der Waals surface area contributed by atoms with E-state index in [1.807, 2.05) is 27.7 Å². The predicted molar refractivity (Wildman–Crippen MR) is 105 cm³/mol. The number of rotatable bonds is 7. The van der Waals surface area contributed by atoms with Gasteiger partial charge >= 0.3 is 0 Å². The lowest BCUT2D eigenvalue weighted by atomic mass is 9.99. The van der Waals surface area contributed by atoms with Crippen LogP contribution in [-0.2, 0) is 47.4 Å². The Morgan fingerprint density at radius 3 is 2.10 bits per heavy atom. The Kier molecular flexibility index (Phi) is 6.97. The molecule has 4 fully saturated rings. The number of methoxy groups -OCH3 is 3. The molecule has 0 aromatic rings. The van der Waals surface area contributed by atoms with Crippen molar-refractivity contribution >= 4 is 0 Å². The molecule has 9 unspecified atom stereocenters. The molecule has 0 radical (unpaired) electrons. The molecule has 4 aliphatic heterocycles. The first-order valence-corrected chi connectivity index (χ1v) is 10.8. The maximum atomic E-state index is 6.20. The smallest absolute Gasteiger partial charge is 0.190 e. The van der Waals surface area contributed by atoms with Crippen molar-refractivity contribution < 1.29 is 47.4 Å². The van der Waals surface area contributed by atoms with Crippen molar-refractivity contribution in [2.75, 3.05) is 34.5 Å². The molecule has 4 rings (SSSR count). The van der Waals surface area contributed by atoms with E-state index < -0.39 is 30.3 Å². The Bertz CT molecular complexity index is 613. The first-order valence-electron chi connectivity index (χ1n) is 10.8. The lowest BCUT2D eigenvalue weighted by molar-refractivity contribution is -0.289. The van der Waals surface area contributed by atoms with Crippen molar-refractivity contribution in [2.45, 2.75) is 101 Å². The summed E-state index contributed by atoms with van der Waals surface area (Å²) in [6.45, 7) is 8.10. The molecule has 0 aromatic carbocycles. The molecule has 4 aliphatic rings. The van der Waals surface area contributed by atoms with Gasteiger partial charge in [-0.3, -0.25) is 0 Å². The van der Waals surface area contributed by atoms with Crippen LogP contribution in [0.1, 0.15) is 34.1 Å². The fraction of sp³-hybridized carbons (Fsp3) is 1.00. The quantitative estimate of drug-likeness (QED) is 0.565. The molecule has 0 aliphatic carbocycles. The molecule has 4 saturated heterocycles. The second kappa shape index (κ2) is 9.09. The van der Waals surface area contributed by atoms with Gasteiger partial charge in [-0.2, -0.15) is 0 Å². The summed E-state index contributed by atoms with van der Waals surface area (Å²) in [5.74, 6) is -1.51. The molecular formula is C21H36O10. The van der Waals surface area contributed by atoms with Crippen molar-refractivity contribution in [1.29, 1.82) is 0 Å². The lowest BCUT2D eigenvalue weighted by Crippen LogP contribution is -2.57. The minimum absolute atomic E-state index is 0.175. The fourth-order valence-corrected chi connectivity index (χ4v) is 4.86. The van der Waals surface area contributed by atoms with Gasteiger partial charge in [0.15, 0.2) is 24.2 Å². The summed E-state index contributed by atoms with van der Waals surface area (Å²) in [7, 11) is 4.92. The van der Waals surface area contributed by atoms with Gasteiger partial charge in [0.05, 0.1) is 19.3 Å². The lowest BCUT2D eigenvalue weighted by Gasteiger charge is -2.41. The van der Waals surface area contributed by atoms with Gasteiger partial charge in [0.2, 0.25) is 0 Å². The van der Waals surface area contributed by atoms with Gasteiger partial charge in [-0.05, 0) is 27.7 Å². The molecule has 10 nitrogen and oxygen atoms in total. The molecule has 0 saturated carbocycles. The Morgan fingerprint density at radius 1 is 0.742 bits per heavy atom. The van der Waals surface area contributed by atoms with Crippen molar-refractivity contribution in [3.63, 3.8) is 0 Å². The standard InChI is InChI=1S/C21H36O10/c1-20(2)28-16-13(27-19-18(17(16)29-20)30-21(3,4)31-19)10-25-14-8-11(23-6)15(24-7)12(26-14)9-22-5/h11-19H,8-10H2,1-7H3. The average Bonchev–Trinajstić information content (AvgIpc) is 3.19. The van der Waals surface area contributed by atoms with E-state index in [2.05, 4.69) is 0 Å². The summed E-state index contributed by atoms with van der Waals surface area (Å²) in [5, 5.41) is 0. The highest BCUT2D eigenvalue weighted by atomic mass is 16.9. The van der Waals surface area contributed by atoms with Gasteiger partial charge in [0, 0.05) is 27.8 Å². The monoisotopic (exact) mass is 448 g/mol. The van der Waals surface area contributed by atoms with Crippen LogP contribution in [0.15, 0.2) is 0 Å². The summed E-state index contributed by atoms with van der Waals surface area (Å²) in [4.78, 5) is 0. The van der Waals surface area contributed by atoms with E-state index >= 15 is 0 Å². The van der Waals surface area contributed by atoms with Gasteiger partial charge in [0.25, 0.3) is 0 Å². The average molecular weight is 449 g/mol. The second-order valence-corrected chi connectivity index (χ2v) is 9.31. The van der Waals surface area contributed by atoms with Crippen LogP contribution in [0.5, 0.6) is 0 Å². The molecule has 4 heterocycles. The Hall–Kier alpha value is -0.400. The first-order chi connectivity index (χ1) is 14.7. The van der Waals surface area contributed by atoms with Crippen LogP contribution in [0.4, 0.5) is 0 Å². The van der Waals surface area contributed by atoms with Gasteiger partial charge in [-0.15, -0.1) is 0 Å². The van der Waals surface area contributed by atoms with Crippen molar-refractivity contribution in [2.24, 2.45) is 0 Å². The molecule has 0 spiro atoms. The van der Waals surface area contributed by atoms with Gasteiger partial charge < -0.3 is 47.4 Å². The molecule has 0 amide bonds. The molecule has 31 heavy (non-hydrogen) atoms. The minimum atomic E-state index is -0.758. The first kappa shape index (κ1) is 23.7. The Labute approximate surface area is 183 Å². The van der Waals surface area contributed by atoms with Crippen LogP contribution < -0.4 is 0 Å². The van der Waals surface area contributed by atoms with Gasteiger partial charge in [0.1, 0.15) is 36.6 Å². The highest BCUT2D eigenvalue weighted by Gasteiger charge is 2.60. The van der Waals surface area contributed by atoms with Crippen LogP contribution in [-0.4, -0.2) is 101 Å². The molecule has 180 valence electrons. The van der Waals surface area contributed by atoms with E-state index in [4.69, 9.17) is 47.4 Å². The third kappa shape index (κ3) is 4.93. The zero-order valence-electron chi connectivity index (χ0n) is 19.4. The van der Waals surface area contributed by atoms with E-state index in [0.717, 1.165) is 0 Å². The molecule has 10 heteroatoms. The normalized spacial score (nSPS) is 46.0. The topological polar surface area (TPSA) is 92.3 Å². The van der Waals surface area contributed by atoms with Gasteiger partial charge in [-0.1, -0.05) is 0 Å². The Balaban J connectivity index is 1.42. The summed E-state index contributed by atoms with van der Waals surface area (Å²) in [5.41, 5.74) is 0. The summed E-state index contributed by atoms with van der Waals surface area (Å²) >= 11 is 0. The minimum Gasteiger partial charge on any atom is -0.382 e. The van der Waals surface area contributed by atoms with E-state index in [1.165, 1.54) is 0 Å². The number of hydrogen-bond acceptors (Lipinski definition) is 10. The van der Waals surface area contributed by atoms with Crippen LogP contribution in [0.3, 0.4) is 0 Å². The predicted octanol–water partition coefficient (Wildman–Crippen LogP) is 1.19. The largest absolute Gasteiger partial charge is 0.382 e. The maximum absolute atomic E-state index is 6.20. The van der Waals surface area contributed by atoms with Crippen molar-refractivity contribution in [1.82, 2.24) is 0 Å². The summed E-state index contributed by atoms with van der Waals surface area (Å²) in [6, 6.07) is 0. The second-order valence-electron chi connectivity index (χ2n) is 9.31. The summed E-state index contributed by atoms with van der Waals surface area (Å²) in [6.07, 6.45) is -2.68. The third-order valence-electron chi connectivity index (χ3n) is 6.09. The van der Waals surface area contributed by atoms with Crippen LogP contribution in [0.25, 0.3) is 0 Å². The zero-order chi connectivity index (χ0) is 22.4. The van der Waals surface area contributed by atoms with Crippen LogP contribution >= 0.6 is 0 Å². The SMILES string of the molecule is COCC1OC(OCC2OC3OC(C)(C)OC3C3OC(C)(C)OC23)CC(OC)C1OC. The van der Waals surface area contributed by atoms with Crippen LogP contribution in [0, 0.1) is 0 Å². The molecule has 0 N–H and O–H groups in total. The highest BCUT2D eigenvalue weighted by Crippen LogP contribution is 2.44. The molecule has 0 bridgehead atoms. The van der Waals surface area contributed by atoms with Crippen molar-refractivity contribution in [3.05, 3.63) is 0 Å². The van der Waals surface area contributed by atoms with E-state index in [-0.39, 0.29) is 43.2 Å². The fourth-order valence-electron chi connectivity index (χ4n) is 4.86. The maximum Gasteiger partial charge on any atom is 0.190 e. The number of ether oxygens (including phenoxy) is 10. The van der Waals surface area contributed by atoms with Crippen LogP contribution in [0.2, 0.25) is 0 Å².